The highest BCUT2D eigenvalue weighted by Crippen LogP contribution is 2.23. The lowest BCUT2D eigenvalue weighted by molar-refractivity contribution is -0.131. The maximum Gasteiger partial charge on any atom is 0.236 e. The number of carbonyl (C=O) groups excluding carboxylic acids is 2. The molecule has 0 heterocycles. The number of rotatable bonds is 6. The first-order valence-corrected chi connectivity index (χ1v) is 6.70. The van der Waals surface area contributed by atoms with E-state index in [9.17, 15) is 9.59 Å². The standard InChI is InChI=1S/C13H17Cl2N3O2/c1-17(7-12(16)19)8-13(20)18(2)6-9-3-4-10(14)11(15)5-9/h3-5H,6-8H2,1-2H3,(H2,16,19). The molecule has 0 aliphatic carbocycles. The van der Waals surface area contributed by atoms with Crippen molar-refractivity contribution in [1.82, 2.24) is 9.80 Å². The molecular formula is C13H17Cl2N3O2. The van der Waals surface area contributed by atoms with E-state index in [2.05, 4.69) is 0 Å². The number of amides is 2. The predicted octanol–water partition coefficient (Wildman–Crippen LogP) is 1.37. The number of nitrogens with two attached hydrogens (primary N) is 1. The van der Waals surface area contributed by atoms with Crippen LogP contribution in [-0.2, 0) is 16.1 Å². The van der Waals surface area contributed by atoms with Crippen molar-refractivity contribution in [3.8, 4) is 0 Å². The van der Waals surface area contributed by atoms with Crippen molar-refractivity contribution in [2.45, 2.75) is 6.54 Å². The molecule has 0 aliphatic heterocycles. The van der Waals surface area contributed by atoms with Crippen LogP contribution >= 0.6 is 23.2 Å². The SMILES string of the molecule is CN(CC(N)=O)CC(=O)N(C)Cc1ccc(Cl)c(Cl)c1. The van der Waals surface area contributed by atoms with Crippen LogP contribution in [0, 0.1) is 0 Å². The fourth-order valence-corrected chi connectivity index (χ4v) is 1.99. The molecule has 20 heavy (non-hydrogen) atoms. The maximum absolute atomic E-state index is 12.0. The molecule has 1 aromatic rings. The summed E-state index contributed by atoms with van der Waals surface area (Å²) in [5.41, 5.74) is 5.95. The van der Waals surface area contributed by atoms with E-state index in [-0.39, 0.29) is 19.0 Å². The Hall–Kier alpha value is -1.30. The van der Waals surface area contributed by atoms with Gasteiger partial charge in [-0.1, -0.05) is 29.3 Å². The lowest BCUT2D eigenvalue weighted by Gasteiger charge is -2.21. The summed E-state index contributed by atoms with van der Waals surface area (Å²) >= 11 is 11.8. The minimum atomic E-state index is -0.465. The van der Waals surface area contributed by atoms with Gasteiger partial charge in [-0.3, -0.25) is 14.5 Å². The Morgan fingerprint density at radius 1 is 1.15 bits per heavy atom. The zero-order chi connectivity index (χ0) is 15.3. The van der Waals surface area contributed by atoms with E-state index in [1.165, 1.54) is 0 Å². The first-order chi connectivity index (χ1) is 9.29. The van der Waals surface area contributed by atoms with Crippen LogP contribution < -0.4 is 5.73 Å². The van der Waals surface area contributed by atoms with E-state index in [0.29, 0.717) is 16.6 Å². The summed E-state index contributed by atoms with van der Waals surface area (Å²) in [4.78, 5) is 25.8. The molecule has 7 heteroatoms. The van der Waals surface area contributed by atoms with Gasteiger partial charge in [0, 0.05) is 13.6 Å². The second-order valence-corrected chi connectivity index (χ2v) is 5.45. The molecule has 0 aromatic heterocycles. The molecule has 110 valence electrons. The summed E-state index contributed by atoms with van der Waals surface area (Å²) < 4.78 is 0. The fourth-order valence-electron chi connectivity index (χ4n) is 1.67. The van der Waals surface area contributed by atoms with Crippen molar-refractivity contribution in [2.24, 2.45) is 5.73 Å². The van der Waals surface area contributed by atoms with Crippen molar-refractivity contribution in [1.29, 1.82) is 0 Å². The minimum Gasteiger partial charge on any atom is -0.369 e. The predicted molar refractivity (Wildman–Crippen MR) is 79.6 cm³/mol. The summed E-state index contributed by atoms with van der Waals surface area (Å²) in [6, 6.07) is 5.22. The molecule has 1 aromatic carbocycles. The molecule has 0 radical (unpaired) electrons. The average molecular weight is 318 g/mol. The lowest BCUT2D eigenvalue weighted by Crippen LogP contribution is -2.39. The smallest absolute Gasteiger partial charge is 0.236 e. The summed E-state index contributed by atoms with van der Waals surface area (Å²) in [7, 11) is 3.35. The summed E-state index contributed by atoms with van der Waals surface area (Å²) in [5, 5.41) is 0.932. The Bertz CT molecular complexity index is 508. The first kappa shape index (κ1) is 16.8. The molecule has 0 spiro atoms. The number of hydrogen-bond acceptors (Lipinski definition) is 3. The third-order valence-corrected chi connectivity index (χ3v) is 3.40. The van der Waals surface area contributed by atoms with Crippen LogP contribution in [0.25, 0.3) is 0 Å². The number of hydrogen-bond donors (Lipinski definition) is 1. The van der Waals surface area contributed by atoms with Gasteiger partial charge in [0.2, 0.25) is 11.8 Å². The third kappa shape index (κ3) is 5.36. The summed E-state index contributed by atoms with van der Waals surface area (Å²) in [6.07, 6.45) is 0. The number of likely N-dealkylation sites (N-methyl/N-ethyl adjacent to an activating group) is 2. The van der Waals surface area contributed by atoms with Gasteiger partial charge < -0.3 is 10.6 Å². The number of benzene rings is 1. The maximum atomic E-state index is 12.0. The Morgan fingerprint density at radius 3 is 2.35 bits per heavy atom. The van der Waals surface area contributed by atoms with Crippen LogP contribution in [0.3, 0.4) is 0 Å². The van der Waals surface area contributed by atoms with E-state index in [0.717, 1.165) is 5.56 Å². The second kappa shape index (κ2) is 7.47. The fraction of sp³-hybridized carbons (Fsp3) is 0.385. The molecule has 2 N–H and O–H groups in total. The van der Waals surface area contributed by atoms with Gasteiger partial charge >= 0.3 is 0 Å². The number of carbonyl (C=O) groups is 2. The van der Waals surface area contributed by atoms with E-state index < -0.39 is 5.91 Å². The Kier molecular flexibility index (Phi) is 6.26. The monoisotopic (exact) mass is 317 g/mol. The van der Waals surface area contributed by atoms with Crippen LogP contribution in [0.4, 0.5) is 0 Å². The molecule has 0 aliphatic rings. The molecule has 5 nitrogen and oxygen atoms in total. The van der Waals surface area contributed by atoms with Crippen LogP contribution in [0.1, 0.15) is 5.56 Å². The average Bonchev–Trinajstić information content (AvgIpc) is 2.32. The molecule has 0 atom stereocenters. The molecule has 0 saturated carbocycles. The molecule has 0 bridgehead atoms. The first-order valence-electron chi connectivity index (χ1n) is 5.94. The van der Waals surface area contributed by atoms with Crippen molar-refractivity contribution < 1.29 is 9.59 Å². The highest BCUT2D eigenvalue weighted by molar-refractivity contribution is 6.42. The Labute approximate surface area is 128 Å². The van der Waals surface area contributed by atoms with Gasteiger partial charge in [-0.25, -0.2) is 0 Å². The number of nitrogens with zero attached hydrogens (tertiary/aromatic N) is 2. The molecular weight excluding hydrogens is 301 g/mol. The van der Waals surface area contributed by atoms with Gasteiger partial charge in [-0.15, -0.1) is 0 Å². The summed E-state index contributed by atoms with van der Waals surface area (Å²) in [5.74, 6) is -0.577. The molecule has 2 amide bonds. The Balaban J connectivity index is 2.56. The van der Waals surface area contributed by atoms with Crippen LogP contribution in [0.5, 0.6) is 0 Å². The minimum absolute atomic E-state index is 0.0480. The van der Waals surface area contributed by atoms with Crippen LogP contribution in [0.15, 0.2) is 18.2 Å². The topological polar surface area (TPSA) is 66.6 Å². The van der Waals surface area contributed by atoms with Gasteiger partial charge in [-0.2, -0.15) is 0 Å². The van der Waals surface area contributed by atoms with Crippen molar-refractivity contribution in [3.63, 3.8) is 0 Å². The van der Waals surface area contributed by atoms with Crippen molar-refractivity contribution in [3.05, 3.63) is 33.8 Å². The van der Waals surface area contributed by atoms with Crippen LogP contribution in [-0.4, -0.2) is 48.8 Å². The van der Waals surface area contributed by atoms with Crippen molar-refractivity contribution in [2.75, 3.05) is 27.2 Å². The van der Waals surface area contributed by atoms with E-state index in [1.807, 2.05) is 6.07 Å². The van der Waals surface area contributed by atoms with Gasteiger partial charge in [0.25, 0.3) is 0 Å². The quantitative estimate of drug-likeness (QED) is 0.861. The molecule has 0 saturated heterocycles. The highest BCUT2D eigenvalue weighted by atomic mass is 35.5. The molecule has 1 rings (SSSR count). The second-order valence-electron chi connectivity index (χ2n) is 4.64. The van der Waals surface area contributed by atoms with E-state index in [4.69, 9.17) is 28.9 Å². The normalized spacial score (nSPS) is 10.7. The molecule has 0 fully saturated rings. The summed E-state index contributed by atoms with van der Waals surface area (Å²) in [6.45, 7) is 0.591. The number of halogens is 2. The third-order valence-electron chi connectivity index (χ3n) is 2.66. The van der Waals surface area contributed by atoms with Crippen molar-refractivity contribution >= 4 is 35.0 Å². The van der Waals surface area contributed by atoms with Gasteiger partial charge in [0.1, 0.15) is 0 Å². The number of primary amides is 1. The highest BCUT2D eigenvalue weighted by Gasteiger charge is 2.13. The van der Waals surface area contributed by atoms with E-state index in [1.54, 1.807) is 36.0 Å². The van der Waals surface area contributed by atoms with Gasteiger partial charge in [0.15, 0.2) is 0 Å². The zero-order valence-electron chi connectivity index (χ0n) is 11.4. The van der Waals surface area contributed by atoms with E-state index >= 15 is 0 Å². The van der Waals surface area contributed by atoms with Crippen LogP contribution in [0.2, 0.25) is 10.0 Å². The lowest BCUT2D eigenvalue weighted by atomic mass is 10.2. The van der Waals surface area contributed by atoms with Gasteiger partial charge in [-0.05, 0) is 24.7 Å². The largest absolute Gasteiger partial charge is 0.369 e. The molecule has 0 unspecified atom stereocenters. The zero-order valence-corrected chi connectivity index (χ0v) is 12.9. The van der Waals surface area contributed by atoms with Gasteiger partial charge in [0.05, 0.1) is 23.1 Å². The Morgan fingerprint density at radius 2 is 1.80 bits per heavy atom.